The largest absolute Gasteiger partial charge is 0.287 e. The summed E-state index contributed by atoms with van der Waals surface area (Å²) in [6.07, 6.45) is 7.79. The number of aromatic nitrogens is 1. The molecule has 6 heteroatoms. The monoisotopic (exact) mass is 360 g/mol. The lowest BCUT2D eigenvalue weighted by atomic mass is 10.2. The first-order valence-corrected chi connectivity index (χ1v) is 10.3. The van der Waals surface area contributed by atoms with Gasteiger partial charge in [0.2, 0.25) is 0 Å². The number of nitrogens with one attached hydrogen (secondary N) is 1. The zero-order valence-electron chi connectivity index (χ0n) is 11.7. The van der Waals surface area contributed by atoms with Gasteiger partial charge < -0.3 is 0 Å². The molecular formula is C16H12N2S4. The third kappa shape index (κ3) is 3.97. The number of thioether (sulfide) groups is 1. The van der Waals surface area contributed by atoms with E-state index < -0.39 is 0 Å². The first kappa shape index (κ1) is 15.7. The maximum absolute atomic E-state index is 8.11. The molecular weight excluding hydrogens is 348 g/mol. The van der Waals surface area contributed by atoms with Gasteiger partial charge in [0.05, 0.1) is 10.6 Å². The Morgan fingerprint density at radius 2 is 2.18 bits per heavy atom. The minimum Gasteiger partial charge on any atom is -0.287 e. The van der Waals surface area contributed by atoms with Crippen molar-refractivity contribution < 1.29 is 0 Å². The molecule has 0 fully saturated rings. The van der Waals surface area contributed by atoms with Crippen LogP contribution in [-0.4, -0.2) is 9.36 Å². The highest BCUT2D eigenvalue weighted by atomic mass is 33.1. The zero-order valence-corrected chi connectivity index (χ0v) is 15.0. The van der Waals surface area contributed by atoms with Gasteiger partial charge in [0, 0.05) is 11.0 Å². The Labute approximate surface area is 145 Å². The first-order chi connectivity index (χ1) is 10.7. The fourth-order valence-corrected chi connectivity index (χ4v) is 5.89. The van der Waals surface area contributed by atoms with Crippen LogP contribution in [0.5, 0.6) is 0 Å². The van der Waals surface area contributed by atoms with E-state index in [0.717, 1.165) is 19.8 Å². The van der Waals surface area contributed by atoms with E-state index in [2.05, 4.69) is 23.7 Å². The fourth-order valence-electron chi connectivity index (χ4n) is 1.76. The van der Waals surface area contributed by atoms with E-state index in [9.17, 15) is 0 Å². The smallest absolute Gasteiger partial charge is 0.162 e. The van der Waals surface area contributed by atoms with Crippen LogP contribution >= 0.6 is 44.7 Å². The average molecular weight is 361 g/mol. The number of benzene rings is 1. The molecule has 22 heavy (non-hydrogen) atoms. The topological polar surface area (TPSA) is 36.7 Å². The Bertz CT molecular complexity index is 798. The van der Waals surface area contributed by atoms with Crippen molar-refractivity contribution in [1.82, 2.24) is 4.98 Å². The van der Waals surface area contributed by atoms with E-state index in [-0.39, 0.29) is 0 Å². The van der Waals surface area contributed by atoms with E-state index >= 15 is 0 Å². The van der Waals surface area contributed by atoms with E-state index in [1.165, 1.54) is 28.1 Å². The number of rotatable bonds is 3. The van der Waals surface area contributed by atoms with Crippen molar-refractivity contribution in [2.24, 2.45) is 0 Å². The van der Waals surface area contributed by atoms with E-state index in [4.69, 9.17) is 5.41 Å². The highest BCUT2D eigenvalue weighted by Crippen LogP contribution is 2.40. The van der Waals surface area contributed by atoms with Gasteiger partial charge in [-0.15, -0.1) is 17.1 Å². The van der Waals surface area contributed by atoms with Gasteiger partial charge >= 0.3 is 0 Å². The standard InChI is InChI=1S/C16H12N2S4/c1-11-7-5-6-9-13(11)19-15(17)21-22-16-18-12-8-3-2-4-10-14(12)20-16/h2,4-10,17H,1H3. The highest BCUT2D eigenvalue weighted by molar-refractivity contribution is 8.86. The SMILES string of the molecule is Cc1ccccc1SC(=N)SSc1nc2c(s1)C=CC=C=C2. The van der Waals surface area contributed by atoms with Crippen molar-refractivity contribution in [2.75, 3.05) is 0 Å². The molecule has 0 spiro atoms. The third-order valence-electron chi connectivity index (χ3n) is 2.81. The second-order valence-electron chi connectivity index (χ2n) is 4.39. The summed E-state index contributed by atoms with van der Waals surface area (Å²) in [6, 6.07) is 8.14. The summed E-state index contributed by atoms with van der Waals surface area (Å²) in [7, 11) is 2.99. The van der Waals surface area contributed by atoms with Gasteiger partial charge in [0.15, 0.2) is 4.34 Å². The summed E-state index contributed by atoms with van der Waals surface area (Å²) < 4.78 is 1.53. The molecule has 0 bridgehead atoms. The molecule has 0 unspecified atom stereocenters. The lowest BCUT2D eigenvalue weighted by Gasteiger charge is -2.04. The van der Waals surface area contributed by atoms with E-state index in [1.54, 1.807) is 22.1 Å². The van der Waals surface area contributed by atoms with Crippen LogP contribution in [-0.2, 0) is 0 Å². The highest BCUT2D eigenvalue weighted by Gasteiger charge is 2.11. The molecule has 0 radical (unpaired) electrons. The quantitative estimate of drug-likeness (QED) is 0.235. The molecule has 1 aromatic heterocycles. The number of hydrogen-bond donors (Lipinski definition) is 1. The molecule has 1 aromatic carbocycles. The molecule has 2 aromatic rings. The summed E-state index contributed by atoms with van der Waals surface area (Å²) in [5.41, 5.74) is 5.22. The Kier molecular flexibility index (Phi) is 5.28. The van der Waals surface area contributed by atoms with Gasteiger partial charge in [0.1, 0.15) is 4.38 Å². The Morgan fingerprint density at radius 1 is 1.32 bits per heavy atom. The van der Waals surface area contributed by atoms with Crippen molar-refractivity contribution in [3.05, 3.63) is 58.3 Å². The van der Waals surface area contributed by atoms with Crippen molar-refractivity contribution >= 4 is 61.2 Å². The van der Waals surface area contributed by atoms with Gasteiger partial charge in [-0.1, -0.05) is 36.0 Å². The van der Waals surface area contributed by atoms with Gasteiger partial charge in [0.25, 0.3) is 0 Å². The molecule has 0 aliphatic heterocycles. The van der Waals surface area contributed by atoms with Crippen LogP contribution in [0.1, 0.15) is 16.1 Å². The molecule has 3 rings (SSSR count). The van der Waals surface area contributed by atoms with Crippen molar-refractivity contribution in [3.63, 3.8) is 0 Å². The van der Waals surface area contributed by atoms with Crippen LogP contribution in [0.25, 0.3) is 12.2 Å². The zero-order chi connectivity index (χ0) is 15.4. The molecule has 0 atom stereocenters. The number of allylic oxidation sites excluding steroid dienone is 2. The van der Waals surface area contributed by atoms with Crippen LogP contribution in [0.15, 0.2) is 51.4 Å². The number of aryl methyl sites for hydroxylation is 1. The molecule has 110 valence electrons. The molecule has 0 saturated carbocycles. The Balaban J connectivity index is 1.61. The minimum atomic E-state index is 0.565. The summed E-state index contributed by atoms with van der Waals surface area (Å²) in [4.78, 5) is 6.84. The van der Waals surface area contributed by atoms with Crippen molar-refractivity contribution in [3.8, 4) is 0 Å². The van der Waals surface area contributed by atoms with Crippen LogP contribution in [0.4, 0.5) is 0 Å². The lowest BCUT2D eigenvalue weighted by Crippen LogP contribution is -1.83. The fraction of sp³-hybridized carbons (Fsp3) is 0.0625. The molecule has 2 nitrogen and oxygen atoms in total. The predicted molar refractivity (Wildman–Crippen MR) is 102 cm³/mol. The van der Waals surface area contributed by atoms with Crippen LogP contribution in [0.3, 0.4) is 0 Å². The normalized spacial score (nSPS) is 12.2. The van der Waals surface area contributed by atoms with Crippen LogP contribution in [0, 0.1) is 12.3 Å². The maximum atomic E-state index is 8.11. The molecule has 1 aliphatic rings. The van der Waals surface area contributed by atoms with Gasteiger partial charge in [-0.2, -0.15) is 0 Å². The molecule has 0 amide bonds. The molecule has 1 N–H and O–H groups in total. The van der Waals surface area contributed by atoms with E-state index in [1.807, 2.05) is 42.5 Å². The molecule has 1 heterocycles. The Morgan fingerprint density at radius 3 is 3.05 bits per heavy atom. The molecule has 1 aliphatic carbocycles. The second-order valence-corrected chi connectivity index (χ2v) is 9.12. The van der Waals surface area contributed by atoms with Crippen LogP contribution < -0.4 is 0 Å². The lowest BCUT2D eigenvalue weighted by molar-refractivity contribution is 1.23. The maximum Gasteiger partial charge on any atom is 0.162 e. The van der Waals surface area contributed by atoms with Crippen molar-refractivity contribution in [2.45, 2.75) is 16.2 Å². The van der Waals surface area contributed by atoms with Crippen LogP contribution in [0.2, 0.25) is 0 Å². The van der Waals surface area contributed by atoms with Gasteiger partial charge in [-0.05, 0) is 52.3 Å². The minimum absolute atomic E-state index is 0.565. The molecule has 0 saturated heterocycles. The number of hydrogen-bond acceptors (Lipinski definition) is 6. The number of nitrogens with zero attached hydrogens (tertiary/aromatic N) is 1. The third-order valence-corrected chi connectivity index (χ3v) is 7.83. The second kappa shape index (κ2) is 7.40. The van der Waals surface area contributed by atoms with Crippen molar-refractivity contribution in [1.29, 1.82) is 5.41 Å². The summed E-state index contributed by atoms with van der Waals surface area (Å²) in [6.45, 7) is 2.07. The number of fused-ring (bicyclic) bond motifs is 1. The summed E-state index contributed by atoms with van der Waals surface area (Å²) in [5.74, 6) is 0. The van der Waals surface area contributed by atoms with Gasteiger partial charge in [-0.3, -0.25) is 5.41 Å². The van der Waals surface area contributed by atoms with Gasteiger partial charge in [-0.25, -0.2) is 4.98 Å². The summed E-state index contributed by atoms with van der Waals surface area (Å²) in [5, 5.41) is 8.11. The Hall–Kier alpha value is -1.17. The van der Waals surface area contributed by atoms with E-state index in [0.29, 0.717) is 4.38 Å². The first-order valence-electron chi connectivity index (χ1n) is 6.49. The summed E-state index contributed by atoms with van der Waals surface area (Å²) >= 11 is 3.14. The average Bonchev–Trinajstić information content (AvgIpc) is 2.77. The number of thiazole rings is 1. The predicted octanol–water partition coefficient (Wildman–Crippen LogP) is 6.11.